The second kappa shape index (κ2) is 4.65. The molecule has 7 heteroatoms. The van der Waals surface area contributed by atoms with E-state index < -0.39 is 30.6 Å². The molecule has 7 nitrogen and oxygen atoms in total. The van der Waals surface area contributed by atoms with Gasteiger partial charge in [0.1, 0.15) is 0 Å². The van der Waals surface area contributed by atoms with Gasteiger partial charge in [0.25, 0.3) is 0 Å². The number of carbonyl (C=O) groups is 2. The molecule has 0 aliphatic carbocycles. The fourth-order valence-electron chi connectivity index (χ4n) is 0.493. The van der Waals surface area contributed by atoms with E-state index in [1.807, 2.05) is 0 Å². The van der Waals surface area contributed by atoms with Crippen molar-refractivity contribution in [3.8, 4) is 0 Å². The van der Waals surface area contributed by atoms with Crippen LogP contribution in [0.2, 0.25) is 0 Å². The summed E-state index contributed by atoms with van der Waals surface area (Å²) in [6.45, 7) is 0. The number of hydrogen-bond donors (Lipinski definition) is 4. The molecule has 0 amide bonds. The van der Waals surface area contributed by atoms with E-state index in [0.29, 0.717) is 0 Å². The molecular formula is C5H8O7. The molecule has 0 heterocycles. The van der Waals surface area contributed by atoms with E-state index in [0.717, 1.165) is 0 Å². The zero-order valence-corrected chi connectivity index (χ0v) is 5.88. The molecule has 4 N–H and O–H groups in total. The van der Waals surface area contributed by atoms with Crippen LogP contribution in [0.1, 0.15) is 6.42 Å². The van der Waals surface area contributed by atoms with Gasteiger partial charge in [-0.25, -0.2) is 14.5 Å². The lowest BCUT2D eigenvalue weighted by atomic mass is 10.1. The van der Waals surface area contributed by atoms with Gasteiger partial charge in [-0.3, -0.25) is 5.26 Å². The van der Waals surface area contributed by atoms with Gasteiger partial charge in [-0.05, 0) is 0 Å². The first-order valence-corrected chi connectivity index (χ1v) is 2.93. The highest BCUT2D eigenvalue weighted by molar-refractivity contribution is 5.76. The average molecular weight is 180 g/mol. The third-order valence-corrected chi connectivity index (χ3v) is 1.13. The molecule has 0 radical (unpaired) electrons. The molecule has 0 saturated heterocycles. The van der Waals surface area contributed by atoms with Crippen molar-refractivity contribution in [1.29, 1.82) is 0 Å². The molecule has 0 aromatic heterocycles. The number of hydrogen-bond acceptors (Lipinski definition) is 5. The minimum absolute atomic E-state index is 0.707. The minimum Gasteiger partial charge on any atom is -0.479 e. The Morgan fingerprint density at radius 3 is 2.00 bits per heavy atom. The summed E-state index contributed by atoms with van der Waals surface area (Å²) in [4.78, 5) is 23.5. The van der Waals surface area contributed by atoms with E-state index in [2.05, 4.69) is 4.89 Å². The van der Waals surface area contributed by atoms with Crippen LogP contribution in [0.15, 0.2) is 0 Å². The zero-order chi connectivity index (χ0) is 9.72. The third kappa shape index (κ3) is 3.28. The number of carboxylic acid groups (broad SMARTS) is 2. The van der Waals surface area contributed by atoms with Gasteiger partial charge >= 0.3 is 11.9 Å². The Balaban J connectivity index is 4.02. The van der Waals surface area contributed by atoms with E-state index in [4.69, 9.17) is 20.6 Å². The van der Waals surface area contributed by atoms with Crippen LogP contribution in [0, 0.1) is 0 Å². The molecule has 0 spiro atoms. The molecule has 0 aliphatic rings. The summed E-state index contributed by atoms with van der Waals surface area (Å²) in [7, 11) is 0. The number of aliphatic hydroxyl groups is 1. The van der Waals surface area contributed by atoms with Crippen molar-refractivity contribution in [2.75, 3.05) is 0 Å². The molecule has 0 fully saturated rings. The largest absolute Gasteiger partial charge is 0.479 e. The number of aliphatic hydroxyl groups excluding tert-OH is 1. The first-order chi connectivity index (χ1) is 5.49. The van der Waals surface area contributed by atoms with Crippen LogP contribution >= 0.6 is 0 Å². The van der Waals surface area contributed by atoms with Crippen molar-refractivity contribution >= 4 is 11.9 Å². The highest BCUT2D eigenvalue weighted by atomic mass is 17.1. The minimum atomic E-state index is -1.86. The van der Waals surface area contributed by atoms with Crippen LogP contribution < -0.4 is 0 Å². The van der Waals surface area contributed by atoms with Crippen LogP contribution in [0.4, 0.5) is 0 Å². The first-order valence-electron chi connectivity index (χ1n) is 2.93. The van der Waals surface area contributed by atoms with Gasteiger partial charge in [0.2, 0.25) is 0 Å². The lowest BCUT2D eigenvalue weighted by molar-refractivity contribution is -0.280. The molecule has 0 aromatic rings. The summed E-state index contributed by atoms with van der Waals surface area (Å²) in [6, 6.07) is 0. The fourth-order valence-corrected chi connectivity index (χ4v) is 0.493. The Morgan fingerprint density at radius 2 is 1.75 bits per heavy atom. The maximum absolute atomic E-state index is 10.1. The molecule has 0 bridgehead atoms. The zero-order valence-electron chi connectivity index (χ0n) is 5.88. The summed E-state index contributed by atoms with van der Waals surface area (Å²) in [6.07, 6.45) is -4.30. The highest BCUT2D eigenvalue weighted by Crippen LogP contribution is 2.02. The predicted octanol–water partition coefficient (Wildman–Crippen LogP) is -1.24. The van der Waals surface area contributed by atoms with Gasteiger partial charge in [-0.15, -0.1) is 0 Å². The summed E-state index contributed by atoms with van der Waals surface area (Å²) in [5.74, 6) is -3.11. The Morgan fingerprint density at radius 1 is 1.25 bits per heavy atom. The van der Waals surface area contributed by atoms with Gasteiger partial charge in [0, 0.05) is 6.42 Å². The predicted molar refractivity (Wildman–Crippen MR) is 33.4 cm³/mol. The quantitative estimate of drug-likeness (QED) is 0.308. The van der Waals surface area contributed by atoms with Crippen LogP contribution in [0.25, 0.3) is 0 Å². The lowest BCUT2D eigenvalue weighted by Crippen LogP contribution is -2.31. The normalized spacial score (nSPS) is 15.2. The second-order valence-corrected chi connectivity index (χ2v) is 2.02. The Bertz CT molecular complexity index is 177. The van der Waals surface area contributed by atoms with Crippen LogP contribution in [-0.4, -0.2) is 44.7 Å². The maximum Gasteiger partial charge on any atom is 0.336 e. The van der Waals surface area contributed by atoms with Crippen molar-refractivity contribution in [3.05, 3.63) is 0 Å². The van der Waals surface area contributed by atoms with Crippen LogP contribution in [0.5, 0.6) is 0 Å². The van der Waals surface area contributed by atoms with E-state index in [1.54, 1.807) is 0 Å². The lowest BCUT2D eigenvalue weighted by Gasteiger charge is -2.09. The van der Waals surface area contributed by atoms with Crippen LogP contribution in [-0.2, 0) is 14.5 Å². The second-order valence-electron chi connectivity index (χ2n) is 2.02. The number of rotatable bonds is 5. The van der Waals surface area contributed by atoms with Gasteiger partial charge in [0.15, 0.2) is 12.2 Å². The molecule has 0 rings (SSSR count). The molecule has 0 aromatic carbocycles. The fraction of sp³-hybridized carbons (Fsp3) is 0.600. The summed E-state index contributed by atoms with van der Waals surface area (Å²) in [5.41, 5.74) is 0. The Labute approximate surface area is 66.7 Å². The number of carboxylic acids is 2. The Hall–Kier alpha value is -1.18. The average Bonchev–Trinajstić information content (AvgIpc) is 1.98. The van der Waals surface area contributed by atoms with Crippen LogP contribution in [0.3, 0.4) is 0 Å². The molecule has 2 unspecified atom stereocenters. The van der Waals surface area contributed by atoms with Gasteiger partial charge < -0.3 is 15.3 Å². The third-order valence-electron chi connectivity index (χ3n) is 1.13. The first kappa shape index (κ1) is 10.8. The van der Waals surface area contributed by atoms with Crippen molar-refractivity contribution < 1.29 is 35.1 Å². The highest BCUT2D eigenvalue weighted by Gasteiger charge is 2.26. The van der Waals surface area contributed by atoms with E-state index in [9.17, 15) is 9.59 Å². The van der Waals surface area contributed by atoms with Gasteiger partial charge in [0.05, 0.1) is 0 Å². The molecule has 0 aliphatic heterocycles. The van der Waals surface area contributed by atoms with Crippen molar-refractivity contribution in [1.82, 2.24) is 0 Å². The van der Waals surface area contributed by atoms with Crippen molar-refractivity contribution in [3.63, 3.8) is 0 Å². The van der Waals surface area contributed by atoms with E-state index in [1.165, 1.54) is 0 Å². The van der Waals surface area contributed by atoms with E-state index >= 15 is 0 Å². The number of aliphatic carboxylic acids is 2. The topological polar surface area (TPSA) is 124 Å². The summed E-state index contributed by atoms with van der Waals surface area (Å²) >= 11 is 0. The molecule has 2 atom stereocenters. The SMILES string of the molecule is O=C(O)C(O)CC(OO)C(=O)O. The van der Waals surface area contributed by atoms with Gasteiger partial charge in [-0.1, -0.05) is 0 Å². The molecule has 70 valence electrons. The molecule has 0 saturated carbocycles. The summed E-state index contributed by atoms with van der Waals surface area (Å²) < 4.78 is 0. The Kier molecular flexibility index (Phi) is 4.19. The van der Waals surface area contributed by atoms with E-state index in [-0.39, 0.29) is 0 Å². The molecule has 12 heavy (non-hydrogen) atoms. The molecular weight excluding hydrogens is 172 g/mol. The smallest absolute Gasteiger partial charge is 0.336 e. The van der Waals surface area contributed by atoms with Crippen molar-refractivity contribution in [2.24, 2.45) is 0 Å². The summed E-state index contributed by atoms with van der Waals surface area (Å²) in [5, 5.41) is 32.9. The van der Waals surface area contributed by atoms with Gasteiger partial charge in [-0.2, -0.15) is 0 Å². The monoisotopic (exact) mass is 180 g/mol. The standard InChI is InChI=1S/C5H8O7/c6-2(4(7)8)1-3(12-11)5(9)10/h2-3,6,11H,1H2,(H,7,8)(H,9,10). The maximum atomic E-state index is 10.1. The van der Waals surface area contributed by atoms with Crippen molar-refractivity contribution in [2.45, 2.75) is 18.6 Å².